The molecule has 0 saturated carbocycles. The zero-order chi connectivity index (χ0) is 21.9. The van der Waals surface area contributed by atoms with Crippen LogP contribution in [0, 0.1) is 0 Å². The van der Waals surface area contributed by atoms with Gasteiger partial charge in [-0.05, 0) is 54.8 Å². The summed E-state index contributed by atoms with van der Waals surface area (Å²) in [6, 6.07) is 25.0. The molecule has 0 atom stereocenters. The number of benzene rings is 3. The predicted molar refractivity (Wildman–Crippen MR) is 123 cm³/mol. The standard InChI is InChI=1S/C24H23ClN2O3S/c25-20-11-13-21(14-12-20)26-23(28)24(19-7-3-1-4-8-19)15-17-27(18-16-24)31(29,30)22-9-5-2-6-10-22/h1-14H,15-18H2,(H,26,28). The number of anilines is 1. The van der Waals surface area contributed by atoms with E-state index in [1.54, 1.807) is 54.6 Å². The van der Waals surface area contributed by atoms with Crippen molar-refractivity contribution in [1.82, 2.24) is 4.31 Å². The first-order valence-electron chi connectivity index (χ1n) is 10.1. The van der Waals surface area contributed by atoms with Crippen LogP contribution in [-0.2, 0) is 20.2 Å². The van der Waals surface area contributed by atoms with Crippen molar-refractivity contribution in [3.05, 3.63) is 95.5 Å². The van der Waals surface area contributed by atoms with Crippen molar-refractivity contribution < 1.29 is 13.2 Å². The molecule has 7 heteroatoms. The Hall–Kier alpha value is -2.67. The molecule has 0 spiro atoms. The first-order valence-corrected chi connectivity index (χ1v) is 11.9. The van der Waals surface area contributed by atoms with Gasteiger partial charge in [-0.1, -0.05) is 60.1 Å². The highest BCUT2D eigenvalue weighted by Gasteiger charge is 2.45. The van der Waals surface area contributed by atoms with Gasteiger partial charge in [-0.25, -0.2) is 8.42 Å². The van der Waals surface area contributed by atoms with Gasteiger partial charge in [0.05, 0.1) is 10.3 Å². The number of hydrogen-bond donors (Lipinski definition) is 1. The summed E-state index contributed by atoms with van der Waals surface area (Å²) >= 11 is 5.95. The Labute approximate surface area is 187 Å². The van der Waals surface area contributed by atoms with Crippen molar-refractivity contribution in [3.63, 3.8) is 0 Å². The van der Waals surface area contributed by atoms with E-state index in [1.165, 1.54) is 4.31 Å². The number of piperidine rings is 1. The summed E-state index contributed by atoms with van der Waals surface area (Å²) in [5.74, 6) is -0.141. The summed E-state index contributed by atoms with van der Waals surface area (Å²) in [5, 5.41) is 3.59. The van der Waals surface area contributed by atoms with Gasteiger partial charge in [0.15, 0.2) is 0 Å². The minimum atomic E-state index is -3.60. The molecule has 3 aromatic rings. The fraction of sp³-hybridized carbons (Fsp3) is 0.208. The van der Waals surface area contributed by atoms with Crippen molar-refractivity contribution in [2.45, 2.75) is 23.2 Å². The van der Waals surface area contributed by atoms with Crippen molar-refractivity contribution in [1.29, 1.82) is 0 Å². The van der Waals surface area contributed by atoms with Crippen molar-refractivity contribution >= 4 is 33.2 Å². The Bertz CT molecular complexity index is 1140. The highest BCUT2D eigenvalue weighted by Crippen LogP contribution is 2.38. The van der Waals surface area contributed by atoms with E-state index >= 15 is 0 Å². The first kappa shape index (κ1) is 21.6. The molecule has 31 heavy (non-hydrogen) atoms. The quantitative estimate of drug-likeness (QED) is 0.607. The zero-order valence-electron chi connectivity index (χ0n) is 16.9. The van der Waals surface area contributed by atoms with Gasteiger partial charge in [0.2, 0.25) is 15.9 Å². The van der Waals surface area contributed by atoms with Crippen molar-refractivity contribution in [3.8, 4) is 0 Å². The van der Waals surface area contributed by atoms with Gasteiger partial charge in [0.25, 0.3) is 0 Å². The third kappa shape index (κ3) is 4.37. The maximum atomic E-state index is 13.5. The lowest BCUT2D eigenvalue weighted by atomic mass is 9.72. The molecule has 0 radical (unpaired) electrons. The highest BCUT2D eigenvalue weighted by atomic mass is 35.5. The molecule has 1 saturated heterocycles. The van der Waals surface area contributed by atoms with E-state index in [0.29, 0.717) is 23.6 Å². The molecule has 0 aliphatic carbocycles. The Morgan fingerprint density at radius 3 is 1.97 bits per heavy atom. The maximum absolute atomic E-state index is 13.5. The molecular formula is C24H23ClN2O3S. The van der Waals surface area contributed by atoms with Gasteiger partial charge >= 0.3 is 0 Å². The summed E-state index contributed by atoms with van der Waals surface area (Å²) in [6.07, 6.45) is 0.783. The SMILES string of the molecule is O=C(Nc1ccc(Cl)cc1)C1(c2ccccc2)CCN(S(=O)(=O)c2ccccc2)CC1. The van der Waals surface area contributed by atoms with Gasteiger partial charge in [-0.2, -0.15) is 4.31 Å². The molecule has 0 bridgehead atoms. The Morgan fingerprint density at radius 1 is 0.839 bits per heavy atom. The predicted octanol–water partition coefficient (Wildman–Crippen LogP) is 4.70. The van der Waals surface area contributed by atoms with Crippen LogP contribution in [0.15, 0.2) is 89.8 Å². The smallest absolute Gasteiger partial charge is 0.243 e. The molecule has 1 aliphatic heterocycles. The Morgan fingerprint density at radius 2 is 1.39 bits per heavy atom. The van der Waals surface area contributed by atoms with E-state index in [4.69, 9.17) is 11.6 Å². The second-order valence-electron chi connectivity index (χ2n) is 7.63. The molecule has 160 valence electrons. The molecule has 1 N–H and O–H groups in total. The monoisotopic (exact) mass is 454 g/mol. The van der Waals surface area contributed by atoms with Crippen LogP contribution >= 0.6 is 11.6 Å². The minimum Gasteiger partial charge on any atom is -0.325 e. The molecule has 4 rings (SSSR count). The van der Waals surface area contributed by atoms with Crippen molar-refractivity contribution in [2.75, 3.05) is 18.4 Å². The molecular weight excluding hydrogens is 432 g/mol. The number of hydrogen-bond acceptors (Lipinski definition) is 3. The molecule has 0 unspecified atom stereocenters. The minimum absolute atomic E-state index is 0.141. The number of rotatable bonds is 5. The van der Waals surface area contributed by atoms with E-state index in [0.717, 1.165) is 5.56 Å². The normalized spacial score (nSPS) is 16.5. The number of carbonyl (C=O) groups excluding carboxylic acids is 1. The van der Waals surface area contributed by atoms with Crippen LogP contribution in [0.4, 0.5) is 5.69 Å². The lowest BCUT2D eigenvalue weighted by molar-refractivity contribution is -0.123. The molecule has 3 aromatic carbocycles. The second-order valence-corrected chi connectivity index (χ2v) is 10.0. The van der Waals surface area contributed by atoms with E-state index in [-0.39, 0.29) is 23.9 Å². The first-order chi connectivity index (χ1) is 14.9. The van der Waals surface area contributed by atoms with Crippen LogP contribution in [0.2, 0.25) is 5.02 Å². The van der Waals surface area contributed by atoms with Crippen LogP contribution < -0.4 is 5.32 Å². The fourth-order valence-corrected chi connectivity index (χ4v) is 5.63. The average Bonchev–Trinajstić information content (AvgIpc) is 2.81. The Kier molecular flexibility index (Phi) is 6.14. The van der Waals surface area contributed by atoms with E-state index in [2.05, 4.69) is 5.32 Å². The largest absolute Gasteiger partial charge is 0.325 e. The van der Waals surface area contributed by atoms with Gasteiger partial charge < -0.3 is 5.32 Å². The fourth-order valence-electron chi connectivity index (χ4n) is 4.04. The molecule has 1 aliphatic rings. The van der Waals surface area contributed by atoms with Crippen LogP contribution in [0.1, 0.15) is 18.4 Å². The van der Waals surface area contributed by atoms with Gasteiger partial charge in [-0.3, -0.25) is 4.79 Å². The number of nitrogens with zero attached hydrogens (tertiary/aromatic N) is 1. The summed E-state index contributed by atoms with van der Waals surface area (Å²) in [5.41, 5.74) is 0.728. The van der Waals surface area contributed by atoms with E-state index < -0.39 is 15.4 Å². The van der Waals surface area contributed by atoms with Crippen LogP contribution in [0.3, 0.4) is 0 Å². The molecule has 5 nitrogen and oxygen atoms in total. The zero-order valence-corrected chi connectivity index (χ0v) is 18.4. The van der Waals surface area contributed by atoms with Gasteiger partial charge in [0, 0.05) is 23.8 Å². The van der Waals surface area contributed by atoms with E-state index in [1.807, 2.05) is 30.3 Å². The summed E-state index contributed by atoms with van der Waals surface area (Å²) in [7, 11) is -3.60. The third-order valence-electron chi connectivity index (χ3n) is 5.82. The topological polar surface area (TPSA) is 66.5 Å². The third-order valence-corrected chi connectivity index (χ3v) is 7.98. The number of carbonyl (C=O) groups is 1. The summed E-state index contributed by atoms with van der Waals surface area (Å²) in [4.78, 5) is 13.8. The number of amides is 1. The second kappa shape index (κ2) is 8.83. The molecule has 0 aromatic heterocycles. The number of nitrogens with one attached hydrogen (secondary N) is 1. The summed E-state index contributed by atoms with van der Waals surface area (Å²) in [6.45, 7) is 0.528. The molecule has 1 fully saturated rings. The highest BCUT2D eigenvalue weighted by molar-refractivity contribution is 7.89. The molecule has 1 amide bonds. The van der Waals surface area contributed by atoms with E-state index in [9.17, 15) is 13.2 Å². The molecule has 1 heterocycles. The van der Waals surface area contributed by atoms with Crippen LogP contribution in [0.5, 0.6) is 0 Å². The maximum Gasteiger partial charge on any atom is 0.243 e. The van der Waals surface area contributed by atoms with Crippen molar-refractivity contribution in [2.24, 2.45) is 0 Å². The lowest BCUT2D eigenvalue weighted by Gasteiger charge is -2.40. The van der Waals surface area contributed by atoms with Crippen LogP contribution in [-0.4, -0.2) is 31.7 Å². The summed E-state index contributed by atoms with van der Waals surface area (Å²) < 4.78 is 27.6. The number of sulfonamides is 1. The number of halogens is 1. The lowest BCUT2D eigenvalue weighted by Crippen LogP contribution is -2.50. The van der Waals surface area contributed by atoms with Gasteiger partial charge in [0.1, 0.15) is 0 Å². The van der Waals surface area contributed by atoms with Gasteiger partial charge in [-0.15, -0.1) is 0 Å². The Balaban J connectivity index is 1.60. The average molecular weight is 455 g/mol. The van der Waals surface area contributed by atoms with Crippen LogP contribution in [0.25, 0.3) is 0 Å².